The fourth-order valence-electron chi connectivity index (χ4n) is 2.73. The maximum absolute atomic E-state index is 13.2. The first-order chi connectivity index (χ1) is 13.3. The normalized spacial score (nSPS) is 11.2. The van der Waals surface area contributed by atoms with Crippen LogP contribution in [0.15, 0.2) is 53.5 Å². The van der Waals surface area contributed by atoms with Crippen molar-refractivity contribution in [1.29, 1.82) is 0 Å². The Hall–Kier alpha value is -2.25. The minimum Gasteiger partial charge on any atom is -0.339 e. The van der Waals surface area contributed by atoms with Gasteiger partial charge >= 0.3 is 0 Å². The standard InChI is InChI=1S/C18H9Cl4FN4O/c19-9-5-12(21)18(13(22)6-9)27-17(28)8-16-25-15(3-4-26(16)27)24-14-2-1-10(23)7-11(14)20/h1-8H,(H,24,25). The van der Waals surface area contributed by atoms with Crippen LogP contribution in [-0.4, -0.2) is 14.2 Å². The predicted octanol–water partition coefficient (Wildman–Crippen LogP) is 5.98. The molecule has 10 heteroatoms. The predicted molar refractivity (Wildman–Crippen MR) is 111 cm³/mol. The zero-order valence-electron chi connectivity index (χ0n) is 13.8. The molecule has 0 aliphatic heterocycles. The molecule has 2 heterocycles. The number of benzene rings is 2. The lowest BCUT2D eigenvalue weighted by Gasteiger charge is -2.12. The Bertz CT molecular complexity index is 1260. The largest absolute Gasteiger partial charge is 0.339 e. The Kier molecular flexibility index (Phi) is 4.97. The van der Waals surface area contributed by atoms with Crippen LogP contribution in [0, 0.1) is 5.82 Å². The van der Waals surface area contributed by atoms with Crippen molar-refractivity contribution in [2.75, 3.05) is 5.32 Å². The van der Waals surface area contributed by atoms with Crippen LogP contribution in [0.25, 0.3) is 11.3 Å². The van der Waals surface area contributed by atoms with Gasteiger partial charge in [0.05, 0.1) is 26.8 Å². The third kappa shape index (κ3) is 3.44. The monoisotopic (exact) mass is 456 g/mol. The van der Waals surface area contributed by atoms with Crippen molar-refractivity contribution in [2.24, 2.45) is 0 Å². The quantitative estimate of drug-likeness (QED) is 0.411. The number of nitrogens with zero attached hydrogens (tertiary/aromatic N) is 3. The van der Waals surface area contributed by atoms with Gasteiger partial charge in [0.15, 0.2) is 5.65 Å². The molecule has 0 amide bonds. The second kappa shape index (κ2) is 7.29. The van der Waals surface area contributed by atoms with Crippen molar-refractivity contribution in [3.63, 3.8) is 0 Å². The molecule has 0 radical (unpaired) electrons. The Balaban J connectivity index is 1.81. The Morgan fingerprint density at radius 3 is 2.32 bits per heavy atom. The SMILES string of the molecule is O=c1cc2nc(Nc3ccc(F)cc3Cl)ccn2n1-c1c(Cl)cc(Cl)cc1Cl. The van der Waals surface area contributed by atoms with Gasteiger partial charge in [0, 0.05) is 11.2 Å². The van der Waals surface area contributed by atoms with Crippen LogP contribution in [0.3, 0.4) is 0 Å². The molecule has 4 aromatic rings. The Morgan fingerprint density at radius 2 is 1.64 bits per heavy atom. The average molecular weight is 458 g/mol. The molecule has 5 nitrogen and oxygen atoms in total. The van der Waals surface area contributed by atoms with E-state index in [9.17, 15) is 9.18 Å². The first kappa shape index (κ1) is 19.1. The van der Waals surface area contributed by atoms with E-state index < -0.39 is 5.82 Å². The lowest BCUT2D eigenvalue weighted by atomic mass is 10.3. The molecular formula is C18H9Cl4FN4O. The Morgan fingerprint density at radius 1 is 0.929 bits per heavy atom. The summed E-state index contributed by atoms with van der Waals surface area (Å²) in [6.45, 7) is 0. The fourth-order valence-corrected chi connectivity index (χ4v) is 3.92. The smallest absolute Gasteiger partial charge is 0.274 e. The van der Waals surface area contributed by atoms with Gasteiger partial charge in [0.1, 0.15) is 17.3 Å². The van der Waals surface area contributed by atoms with Gasteiger partial charge in [-0.05, 0) is 36.4 Å². The molecule has 0 fully saturated rings. The highest BCUT2D eigenvalue weighted by atomic mass is 35.5. The second-order valence-corrected chi connectivity index (χ2v) is 7.44. The third-order valence-corrected chi connectivity index (χ3v) is 5.01. The number of hydrogen-bond donors (Lipinski definition) is 1. The molecule has 0 saturated heterocycles. The maximum atomic E-state index is 13.2. The van der Waals surface area contributed by atoms with Crippen molar-refractivity contribution in [1.82, 2.24) is 14.2 Å². The van der Waals surface area contributed by atoms with Crippen LogP contribution < -0.4 is 10.9 Å². The summed E-state index contributed by atoms with van der Waals surface area (Å²) < 4.78 is 16.0. The highest BCUT2D eigenvalue weighted by molar-refractivity contribution is 6.40. The van der Waals surface area contributed by atoms with E-state index in [0.717, 1.165) is 0 Å². The van der Waals surface area contributed by atoms with Crippen LogP contribution in [0.5, 0.6) is 0 Å². The highest BCUT2D eigenvalue weighted by Crippen LogP contribution is 2.32. The van der Waals surface area contributed by atoms with Crippen molar-refractivity contribution in [3.05, 3.63) is 84.9 Å². The number of nitrogens with one attached hydrogen (secondary N) is 1. The fraction of sp³-hybridized carbons (Fsp3) is 0. The lowest BCUT2D eigenvalue weighted by molar-refractivity contribution is 0.628. The van der Waals surface area contributed by atoms with E-state index in [0.29, 0.717) is 27.9 Å². The van der Waals surface area contributed by atoms with Gasteiger partial charge in [-0.2, -0.15) is 0 Å². The molecular weight excluding hydrogens is 449 g/mol. The molecule has 0 unspecified atom stereocenters. The summed E-state index contributed by atoms with van der Waals surface area (Å²) in [7, 11) is 0. The van der Waals surface area contributed by atoms with E-state index >= 15 is 0 Å². The molecule has 2 aromatic carbocycles. The molecule has 4 rings (SSSR count). The zero-order chi connectivity index (χ0) is 20.0. The van der Waals surface area contributed by atoms with Gasteiger partial charge in [-0.25, -0.2) is 18.6 Å². The van der Waals surface area contributed by atoms with Gasteiger partial charge in [-0.1, -0.05) is 46.4 Å². The number of anilines is 2. The van der Waals surface area contributed by atoms with E-state index in [4.69, 9.17) is 46.4 Å². The van der Waals surface area contributed by atoms with Crippen molar-refractivity contribution >= 4 is 63.6 Å². The molecule has 28 heavy (non-hydrogen) atoms. The minimum atomic E-state index is -0.445. The first-order valence-electron chi connectivity index (χ1n) is 7.82. The summed E-state index contributed by atoms with van der Waals surface area (Å²) >= 11 is 24.5. The number of rotatable bonds is 3. The van der Waals surface area contributed by atoms with Gasteiger partial charge < -0.3 is 5.32 Å². The van der Waals surface area contributed by atoms with Gasteiger partial charge in [0.2, 0.25) is 0 Å². The molecule has 0 aliphatic rings. The van der Waals surface area contributed by atoms with E-state index in [-0.39, 0.29) is 20.6 Å². The molecule has 1 N–H and O–H groups in total. The zero-order valence-corrected chi connectivity index (χ0v) is 16.8. The summed E-state index contributed by atoms with van der Waals surface area (Å²) in [6.07, 6.45) is 1.62. The first-order valence-corrected chi connectivity index (χ1v) is 9.33. The topological polar surface area (TPSA) is 51.3 Å². The van der Waals surface area contributed by atoms with Gasteiger partial charge in [0.25, 0.3) is 5.56 Å². The van der Waals surface area contributed by atoms with Crippen LogP contribution in [0.1, 0.15) is 0 Å². The van der Waals surface area contributed by atoms with Crippen LogP contribution >= 0.6 is 46.4 Å². The average Bonchev–Trinajstić information content (AvgIpc) is 2.92. The highest BCUT2D eigenvalue weighted by Gasteiger charge is 2.16. The van der Waals surface area contributed by atoms with E-state index in [1.165, 1.54) is 45.6 Å². The number of aromatic nitrogens is 3. The van der Waals surface area contributed by atoms with Crippen molar-refractivity contribution < 1.29 is 4.39 Å². The summed E-state index contributed by atoms with van der Waals surface area (Å²) in [5.41, 5.74) is 0.734. The molecule has 2 aromatic heterocycles. The van der Waals surface area contributed by atoms with Crippen LogP contribution in [0.4, 0.5) is 15.9 Å². The molecule has 0 spiro atoms. The van der Waals surface area contributed by atoms with E-state index in [1.54, 1.807) is 12.3 Å². The third-order valence-electron chi connectivity index (χ3n) is 3.91. The van der Waals surface area contributed by atoms with Crippen LogP contribution in [-0.2, 0) is 0 Å². The minimum absolute atomic E-state index is 0.205. The lowest BCUT2D eigenvalue weighted by Crippen LogP contribution is -2.18. The molecule has 0 aliphatic carbocycles. The summed E-state index contributed by atoms with van der Waals surface area (Å²) in [5.74, 6) is -0.0294. The van der Waals surface area contributed by atoms with Crippen molar-refractivity contribution in [2.45, 2.75) is 0 Å². The molecule has 142 valence electrons. The van der Waals surface area contributed by atoms with E-state index in [2.05, 4.69) is 10.3 Å². The number of fused-ring (bicyclic) bond motifs is 1. The van der Waals surface area contributed by atoms with E-state index in [1.807, 2.05) is 0 Å². The van der Waals surface area contributed by atoms with Crippen LogP contribution in [0.2, 0.25) is 20.1 Å². The van der Waals surface area contributed by atoms with Gasteiger partial charge in [-0.15, -0.1) is 0 Å². The maximum Gasteiger partial charge on any atom is 0.274 e. The molecule has 0 saturated carbocycles. The second-order valence-electron chi connectivity index (χ2n) is 5.78. The van der Waals surface area contributed by atoms with Gasteiger partial charge in [-0.3, -0.25) is 4.79 Å². The number of halogens is 5. The molecule has 0 bridgehead atoms. The Labute approximate surface area is 177 Å². The molecule has 0 atom stereocenters. The summed E-state index contributed by atoms with van der Waals surface area (Å²) in [5, 5.41) is 3.99. The summed E-state index contributed by atoms with van der Waals surface area (Å²) in [4.78, 5) is 16.9. The van der Waals surface area contributed by atoms with Crippen molar-refractivity contribution in [3.8, 4) is 5.69 Å². The number of hydrogen-bond acceptors (Lipinski definition) is 3. The summed E-state index contributed by atoms with van der Waals surface area (Å²) in [6, 6.07) is 9.91.